The second kappa shape index (κ2) is 16.2. The van der Waals surface area contributed by atoms with E-state index in [1.165, 1.54) is 5.56 Å². The minimum absolute atomic E-state index is 0.0595. The van der Waals surface area contributed by atoms with Crippen LogP contribution in [-0.4, -0.2) is 143 Å². The highest BCUT2D eigenvalue weighted by Crippen LogP contribution is 2.35. The number of imide groups is 2. The predicted octanol–water partition coefficient (Wildman–Crippen LogP) is 2.76. The number of likely N-dealkylation sites (tertiary alicyclic amines) is 1. The number of rotatable bonds is 10. The van der Waals surface area contributed by atoms with Crippen molar-refractivity contribution in [3.8, 4) is 0 Å². The number of carbonyl (C=O) groups is 6. The molecule has 17 heteroatoms. The number of amides is 7. The molecule has 3 atom stereocenters. The highest BCUT2D eigenvalue weighted by Gasteiger charge is 2.45. The first-order valence-corrected chi connectivity index (χ1v) is 21.1. The number of fused-ring (bicyclic) bond motifs is 1. The molecule has 0 bridgehead atoms. The highest BCUT2D eigenvalue weighted by molar-refractivity contribution is 6.23. The fourth-order valence-corrected chi connectivity index (χ4v) is 9.89. The number of likely N-dealkylation sites (N-methyl/N-ethyl adjacent to an activating group) is 1. The fraction of sp³-hybridized carbons (Fsp3) is 0.488. The Morgan fingerprint density at radius 2 is 1.63 bits per heavy atom. The molecule has 5 saturated heterocycles. The highest BCUT2D eigenvalue weighted by atomic mass is 16.2. The predicted molar refractivity (Wildman–Crippen MR) is 222 cm³/mol. The summed E-state index contributed by atoms with van der Waals surface area (Å²) < 4.78 is 0. The van der Waals surface area contributed by atoms with Gasteiger partial charge in [0.15, 0.2) is 11.5 Å². The summed E-state index contributed by atoms with van der Waals surface area (Å²) in [5.74, 6) is -0.795. The number of carbonyl (C=O) groups excluding carboxylic acids is 6. The number of hydrogen-bond acceptors (Lipinski definition) is 12. The van der Waals surface area contributed by atoms with Crippen LogP contribution in [0.2, 0.25) is 0 Å². The van der Waals surface area contributed by atoms with Crippen LogP contribution < -0.4 is 26.2 Å². The number of primary amides is 1. The lowest BCUT2D eigenvalue weighted by molar-refractivity contribution is -0.136. The smallest absolute Gasteiger partial charge is 0.320 e. The van der Waals surface area contributed by atoms with Crippen molar-refractivity contribution in [2.24, 2.45) is 11.7 Å². The molecule has 9 rings (SSSR count). The molecule has 7 heterocycles. The van der Waals surface area contributed by atoms with E-state index in [0.29, 0.717) is 41.1 Å². The van der Waals surface area contributed by atoms with Crippen LogP contribution in [0.3, 0.4) is 0 Å². The lowest BCUT2D eigenvalue weighted by Crippen LogP contribution is -2.54. The van der Waals surface area contributed by atoms with Gasteiger partial charge in [-0.05, 0) is 99.3 Å². The third-order valence-corrected chi connectivity index (χ3v) is 13.2. The van der Waals surface area contributed by atoms with E-state index in [-0.39, 0.29) is 30.6 Å². The molecule has 1 aromatic heterocycles. The van der Waals surface area contributed by atoms with E-state index >= 15 is 0 Å². The van der Waals surface area contributed by atoms with Crippen LogP contribution in [0.1, 0.15) is 87.6 Å². The zero-order chi connectivity index (χ0) is 41.7. The summed E-state index contributed by atoms with van der Waals surface area (Å²) >= 11 is 0. The second-order valence-corrected chi connectivity index (χ2v) is 17.0. The van der Waals surface area contributed by atoms with Crippen molar-refractivity contribution in [1.29, 1.82) is 0 Å². The van der Waals surface area contributed by atoms with E-state index in [2.05, 4.69) is 42.5 Å². The standard InChI is InChI=1S/C43H51N11O6/c1-49-19-20-53(43(49)60)31-3-2-15-52(25-31)35-22-45-37(38(44)56)39(47-35)46-29-6-4-27(5-7-29)28-13-16-50(17-14-28)23-26-12-18-51(24-26)30-8-9-32-33(21-30)42(59)54(41(32)58)34-10-11-36(55)48-40(34)57/h4-9,21-22,26,28,31,34H,2-3,10-20,23-25H2,1H3,(H2,44,56)(H,46,47)(H,48,55,57)/t26-,31-,34?/m1/s1. The summed E-state index contributed by atoms with van der Waals surface area (Å²) in [6.45, 7) is 7.57. The van der Waals surface area contributed by atoms with Crippen LogP contribution >= 0.6 is 0 Å². The average molecular weight is 818 g/mol. The third-order valence-electron chi connectivity index (χ3n) is 13.2. The van der Waals surface area contributed by atoms with Gasteiger partial charge in [-0.15, -0.1) is 0 Å². The van der Waals surface area contributed by atoms with Crippen LogP contribution in [0.4, 0.5) is 27.8 Å². The summed E-state index contributed by atoms with van der Waals surface area (Å²) in [6.07, 6.45) is 6.78. The molecule has 60 heavy (non-hydrogen) atoms. The SMILES string of the molecule is CN1CCN([C@@H]2CCCN(c3cnc(C(N)=O)c(Nc4ccc(C5CCN(C[C@H]6CCN(c7ccc8c(c7)C(=O)N(C7CCC(=O)NC7=O)C8=O)C6)CC5)cc4)n3)C2)C1=O. The Bertz CT molecular complexity index is 2230. The molecule has 3 aromatic rings. The van der Waals surface area contributed by atoms with Gasteiger partial charge in [-0.3, -0.25) is 34.2 Å². The first kappa shape index (κ1) is 39.4. The summed E-state index contributed by atoms with van der Waals surface area (Å²) in [5.41, 5.74) is 9.33. The van der Waals surface area contributed by atoms with Crippen molar-refractivity contribution in [1.82, 2.24) is 34.9 Å². The van der Waals surface area contributed by atoms with Gasteiger partial charge >= 0.3 is 6.03 Å². The summed E-state index contributed by atoms with van der Waals surface area (Å²) in [7, 11) is 1.83. The number of nitrogens with two attached hydrogens (primary N) is 1. The van der Waals surface area contributed by atoms with E-state index < -0.39 is 35.6 Å². The lowest BCUT2D eigenvalue weighted by atomic mass is 9.89. The van der Waals surface area contributed by atoms with Crippen molar-refractivity contribution < 1.29 is 28.8 Å². The van der Waals surface area contributed by atoms with Crippen molar-refractivity contribution in [2.45, 2.75) is 62.9 Å². The number of nitrogens with one attached hydrogen (secondary N) is 2. The van der Waals surface area contributed by atoms with Crippen LogP contribution in [0.25, 0.3) is 0 Å². The Hall–Kier alpha value is -6.10. The van der Waals surface area contributed by atoms with Crippen LogP contribution in [-0.2, 0) is 9.59 Å². The number of urea groups is 1. The van der Waals surface area contributed by atoms with Gasteiger partial charge in [0.05, 0.1) is 23.4 Å². The third kappa shape index (κ3) is 7.61. The van der Waals surface area contributed by atoms with Crippen molar-refractivity contribution in [3.63, 3.8) is 0 Å². The van der Waals surface area contributed by atoms with Gasteiger partial charge in [0, 0.05) is 70.7 Å². The van der Waals surface area contributed by atoms with E-state index in [0.717, 1.165) is 101 Å². The van der Waals surface area contributed by atoms with Crippen molar-refractivity contribution in [3.05, 3.63) is 71.0 Å². The zero-order valence-electron chi connectivity index (χ0n) is 33.8. The van der Waals surface area contributed by atoms with Crippen molar-refractivity contribution >= 4 is 58.6 Å². The largest absolute Gasteiger partial charge is 0.371 e. The number of nitrogens with zero attached hydrogens (tertiary/aromatic N) is 8. The minimum atomic E-state index is -0.977. The van der Waals surface area contributed by atoms with E-state index in [1.54, 1.807) is 23.2 Å². The molecule has 0 spiro atoms. The van der Waals surface area contributed by atoms with Gasteiger partial charge in [-0.25, -0.2) is 14.8 Å². The lowest BCUT2D eigenvalue weighted by Gasteiger charge is -2.37. The molecule has 6 aliphatic rings. The van der Waals surface area contributed by atoms with Crippen LogP contribution in [0, 0.1) is 5.92 Å². The molecular weight excluding hydrogens is 767 g/mol. The monoisotopic (exact) mass is 817 g/mol. The Labute approximate surface area is 348 Å². The number of aromatic nitrogens is 2. The quantitative estimate of drug-likeness (QED) is 0.254. The van der Waals surface area contributed by atoms with E-state index in [1.807, 2.05) is 30.1 Å². The minimum Gasteiger partial charge on any atom is -0.371 e. The molecule has 1 unspecified atom stereocenters. The molecule has 6 aliphatic heterocycles. The van der Waals surface area contributed by atoms with E-state index in [4.69, 9.17) is 10.7 Å². The normalized spacial score (nSPS) is 24.1. The molecule has 314 valence electrons. The number of piperidine rings is 3. The Kier molecular flexibility index (Phi) is 10.6. The molecule has 0 saturated carbocycles. The summed E-state index contributed by atoms with van der Waals surface area (Å²) in [4.78, 5) is 96.6. The number of benzene rings is 2. The second-order valence-electron chi connectivity index (χ2n) is 17.0. The van der Waals surface area contributed by atoms with Gasteiger partial charge < -0.3 is 35.6 Å². The zero-order valence-corrected chi connectivity index (χ0v) is 33.8. The summed E-state index contributed by atoms with van der Waals surface area (Å²) in [5, 5.41) is 5.54. The van der Waals surface area contributed by atoms with Gasteiger partial charge in [0.2, 0.25) is 11.8 Å². The number of anilines is 4. The molecule has 2 aromatic carbocycles. The van der Waals surface area contributed by atoms with Crippen LogP contribution in [0.15, 0.2) is 48.7 Å². The fourth-order valence-electron chi connectivity index (χ4n) is 9.89. The van der Waals surface area contributed by atoms with Crippen molar-refractivity contribution in [2.75, 3.05) is 81.1 Å². The number of hydrogen-bond donors (Lipinski definition) is 3. The molecule has 17 nitrogen and oxygen atoms in total. The molecule has 0 radical (unpaired) electrons. The molecule has 5 fully saturated rings. The maximum Gasteiger partial charge on any atom is 0.320 e. The Balaban J connectivity index is 0.771. The molecule has 0 aliphatic carbocycles. The maximum atomic E-state index is 13.4. The molecule has 4 N–H and O–H groups in total. The first-order valence-electron chi connectivity index (χ1n) is 21.1. The first-order chi connectivity index (χ1) is 29.0. The van der Waals surface area contributed by atoms with Gasteiger partial charge in [0.1, 0.15) is 11.9 Å². The van der Waals surface area contributed by atoms with Gasteiger partial charge in [-0.2, -0.15) is 0 Å². The van der Waals surface area contributed by atoms with Gasteiger partial charge in [0.25, 0.3) is 17.7 Å². The molecule has 7 amide bonds. The topological polar surface area (TPSA) is 198 Å². The average Bonchev–Trinajstić information content (AvgIpc) is 3.93. The Morgan fingerprint density at radius 3 is 2.37 bits per heavy atom. The summed E-state index contributed by atoms with van der Waals surface area (Å²) in [6, 6.07) is 12.8. The van der Waals surface area contributed by atoms with Crippen LogP contribution in [0.5, 0.6) is 0 Å². The van der Waals surface area contributed by atoms with Gasteiger partial charge in [-0.1, -0.05) is 12.1 Å². The maximum absolute atomic E-state index is 13.4. The molecular formula is C43H51N11O6. The van der Waals surface area contributed by atoms with E-state index in [9.17, 15) is 28.8 Å². The Morgan fingerprint density at radius 1 is 0.850 bits per heavy atom.